The van der Waals surface area contributed by atoms with E-state index >= 15 is 0 Å². The van der Waals surface area contributed by atoms with Crippen LogP contribution in [0.4, 0.5) is 11.5 Å². The number of aromatic nitrogens is 4. The number of non-ortho nitro benzene ring substituents is 1. The Balaban J connectivity index is 1.39. The second-order valence-corrected chi connectivity index (χ2v) is 7.98. The molecule has 11 nitrogen and oxygen atoms in total. The Morgan fingerprint density at radius 3 is 2.73 bits per heavy atom. The third-order valence-corrected chi connectivity index (χ3v) is 5.65. The number of nitrogens with zero attached hydrogens (tertiary/aromatic N) is 6. The van der Waals surface area contributed by atoms with Gasteiger partial charge in [-0.15, -0.1) is 0 Å². The zero-order chi connectivity index (χ0) is 23.2. The van der Waals surface area contributed by atoms with Gasteiger partial charge >= 0.3 is 0 Å². The molecule has 3 aromatic rings. The van der Waals surface area contributed by atoms with E-state index in [0.717, 1.165) is 29.9 Å². The molecule has 1 aliphatic rings. The van der Waals surface area contributed by atoms with E-state index in [9.17, 15) is 14.9 Å². The molecule has 1 N–H and O–H groups in total. The van der Waals surface area contributed by atoms with Crippen molar-refractivity contribution in [3.8, 4) is 0 Å². The van der Waals surface area contributed by atoms with E-state index in [4.69, 9.17) is 4.74 Å². The number of anilines is 1. The summed E-state index contributed by atoms with van der Waals surface area (Å²) in [7, 11) is 0. The number of ether oxygens (including phenoxy) is 1. The minimum atomic E-state index is -0.462. The molecular weight excluding hydrogens is 446 g/mol. The van der Waals surface area contributed by atoms with Gasteiger partial charge in [0.05, 0.1) is 36.3 Å². The normalized spacial score (nSPS) is 14.2. The van der Waals surface area contributed by atoms with Crippen molar-refractivity contribution in [2.45, 2.75) is 11.7 Å². The van der Waals surface area contributed by atoms with Crippen LogP contribution < -0.4 is 10.2 Å². The van der Waals surface area contributed by atoms with Gasteiger partial charge in [0.15, 0.2) is 10.8 Å². The van der Waals surface area contributed by atoms with Gasteiger partial charge in [-0.1, -0.05) is 11.8 Å². The van der Waals surface area contributed by atoms with Crippen molar-refractivity contribution in [2.75, 3.05) is 44.0 Å². The number of nitrogens with one attached hydrogen (secondary N) is 1. The standard InChI is InChI=1S/C21H23N7O4S/c1-33-21-24-19(26-10-12-32-13-11-26)17-14-23-27(20(17)25-21)9-8-22-18(29)7-4-15-2-5-16(6-3-15)28(30)31/h2-7,14H,8-13H2,1H3,(H,22,29)/b7-4-. The molecule has 3 heterocycles. The Morgan fingerprint density at radius 2 is 2.03 bits per heavy atom. The molecule has 4 rings (SSSR count). The van der Waals surface area contributed by atoms with E-state index in [1.54, 1.807) is 29.1 Å². The lowest BCUT2D eigenvalue weighted by Gasteiger charge is -2.28. The first-order valence-electron chi connectivity index (χ1n) is 10.4. The first-order valence-corrected chi connectivity index (χ1v) is 11.6. The predicted octanol–water partition coefficient (Wildman–Crippen LogP) is 2.12. The molecule has 12 heteroatoms. The topological polar surface area (TPSA) is 128 Å². The minimum Gasteiger partial charge on any atom is -0.378 e. The highest BCUT2D eigenvalue weighted by Gasteiger charge is 2.19. The number of nitro benzene ring substituents is 1. The molecule has 1 saturated heterocycles. The predicted molar refractivity (Wildman–Crippen MR) is 125 cm³/mol. The van der Waals surface area contributed by atoms with Crippen molar-refractivity contribution >= 4 is 46.3 Å². The van der Waals surface area contributed by atoms with Crippen LogP contribution in [0.15, 0.2) is 41.7 Å². The Hall–Kier alpha value is -3.51. The Bertz CT molecular complexity index is 1170. The molecule has 0 saturated carbocycles. The first kappa shape index (κ1) is 22.7. The fourth-order valence-corrected chi connectivity index (χ4v) is 3.77. The average molecular weight is 470 g/mol. The van der Waals surface area contributed by atoms with Gasteiger partial charge in [-0.25, -0.2) is 14.6 Å². The van der Waals surface area contributed by atoms with E-state index in [1.807, 2.05) is 6.26 Å². The van der Waals surface area contributed by atoms with Gasteiger partial charge in [0.1, 0.15) is 5.82 Å². The van der Waals surface area contributed by atoms with Crippen LogP contribution in [-0.4, -0.2) is 69.7 Å². The van der Waals surface area contributed by atoms with E-state index in [1.165, 1.54) is 30.0 Å². The van der Waals surface area contributed by atoms with Crippen LogP contribution in [0.5, 0.6) is 0 Å². The number of nitro groups is 1. The highest BCUT2D eigenvalue weighted by atomic mass is 32.2. The summed E-state index contributed by atoms with van der Waals surface area (Å²) in [6.45, 7) is 3.67. The maximum atomic E-state index is 12.2. The summed E-state index contributed by atoms with van der Waals surface area (Å²) in [4.78, 5) is 33.9. The molecule has 0 spiro atoms. The SMILES string of the molecule is CSc1nc(N2CCOCC2)c2cnn(CCNC(=O)/C=C\c3ccc([N+](=O)[O-])cc3)c2n1. The van der Waals surface area contributed by atoms with Crippen LogP contribution in [0.3, 0.4) is 0 Å². The lowest BCUT2D eigenvalue weighted by Crippen LogP contribution is -2.37. The number of carbonyl (C=O) groups is 1. The quantitative estimate of drug-likeness (QED) is 0.173. The first-order chi connectivity index (χ1) is 16.0. The molecule has 0 atom stereocenters. The maximum Gasteiger partial charge on any atom is 0.269 e. The van der Waals surface area contributed by atoms with Crippen molar-refractivity contribution in [3.05, 3.63) is 52.2 Å². The zero-order valence-electron chi connectivity index (χ0n) is 18.0. The molecule has 1 aromatic carbocycles. The highest BCUT2D eigenvalue weighted by Crippen LogP contribution is 2.27. The number of fused-ring (bicyclic) bond motifs is 1. The average Bonchev–Trinajstić information content (AvgIpc) is 3.25. The largest absolute Gasteiger partial charge is 0.378 e. The monoisotopic (exact) mass is 469 g/mol. The van der Waals surface area contributed by atoms with Crippen molar-refractivity contribution < 1.29 is 14.5 Å². The third kappa shape index (κ3) is 5.46. The molecule has 0 unspecified atom stereocenters. The van der Waals surface area contributed by atoms with Gasteiger partial charge in [-0.3, -0.25) is 14.9 Å². The van der Waals surface area contributed by atoms with E-state index in [-0.39, 0.29) is 11.6 Å². The van der Waals surface area contributed by atoms with Crippen molar-refractivity contribution in [3.63, 3.8) is 0 Å². The molecule has 2 aromatic heterocycles. The van der Waals surface area contributed by atoms with Crippen LogP contribution in [0.1, 0.15) is 5.56 Å². The number of benzene rings is 1. The minimum absolute atomic E-state index is 0.00766. The number of hydrogen-bond acceptors (Lipinski definition) is 9. The van der Waals surface area contributed by atoms with Gasteiger partial charge in [0, 0.05) is 37.8 Å². The summed E-state index contributed by atoms with van der Waals surface area (Å²) >= 11 is 1.47. The van der Waals surface area contributed by atoms with Gasteiger partial charge in [0.25, 0.3) is 5.69 Å². The zero-order valence-corrected chi connectivity index (χ0v) is 18.8. The summed E-state index contributed by atoms with van der Waals surface area (Å²) in [5, 5.41) is 19.5. The second-order valence-electron chi connectivity index (χ2n) is 7.21. The molecule has 0 aliphatic carbocycles. The molecule has 1 amide bonds. The number of morpholine rings is 1. The molecule has 1 aliphatic heterocycles. The molecule has 0 bridgehead atoms. The van der Waals surface area contributed by atoms with Gasteiger partial charge in [-0.2, -0.15) is 5.10 Å². The molecular formula is C21H23N7O4S. The van der Waals surface area contributed by atoms with Crippen LogP contribution in [0.2, 0.25) is 0 Å². The summed E-state index contributed by atoms with van der Waals surface area (Å²) in [6, 6.07) is 5.98. The summed E-state index contributed by atoms with van der Waals surface area (Å²) in [6.07, 6.45) is 6.70. The van der Waals surface area contributed by atoms with Crippen LogP contribution >= 0.6 is 11.8 Å². The van der Waals surface area contributed by atoms with Crippen LogP contribution in [0.25, 0.3) is 17.1 Å². The van der Waals surface area contributed by atoms with Crippen LogP contribution in [-0.2, 0) is 16.1 Å². The summed E-state index contributed by atoms with van der Waals surface area (Å²) in [5.74, 6) is 0.590. The number of thioether (sulfide) groups is 1. The Labute approximate surface area is 194 Å². The van der Waals surface area contributed by atoms with Crippen molar-refractivity contribution in [2.24, 2.45) is 0 Å². The molecule has 33 heavy (non-hydrogen) atoms. The number of carbonyl (C=O) groups excluding carboxylic acids is 1. The highest BCUT2D eigenvalue weighted by molar-refractivity contribution is 7.98. The van der Waals surface area contributed by atoms with Crippen molar-refractivity contribution in [1.29, 1.82) is 0 Å². The fourth-order valence-electron chi connectivity index (χ4n) is 3.42. The van der Waals surface area contributed by atoms with Crippen LogP contribution in [0, 0.1) is 10.1 Å². The maximum absolute atomic E-state index is 12.2. The van der Waals surface area contributed by atoms with Gasteiger partial charge < -0.3 is 15.0 Å². The summed E-state index contributed by atoms with van der Waals surface area (Å²) in [5.41, 5.74) is 1.44. The molecule has 0 radical (unpaired) electrons. The Morgan fingerprint density at radius 1 is 1.27 bits per heavy atom. The fraction of sp³-hybridized carbons (Fsp3) is 0.333. The number of amides is 1. The number of hydrogen-bond donors (Lipinski definition) is 1. The number of rotatable bonds is 8. The van der Waals surface area contributed by atoms with Crippen molar-refractivity contribution in [1.82, 2.24) is 25.1 Å². The molecule has 172 valence electrons. The molecule has 1 fully saturated rings. The van der Waals surface area contributed by atoms with E-state index in [2.05, 4.69) is 25.3 Å². The Kier molecular flexibility index (Phi) is 7.15. The lowest BCUT2D eigenvalue weighted by atomic mass is 10.2. The van der Waals surface area contributed by atoms with Gasteiger partial charge in [0.2, 0.25) is 5.91 Å². The lowest BCUT2D eigenvalue weighted by molar-refractivity contribution is -0.384. The van der Waals surface area contributed by atoms with Gasteiger partial charge in [-0.05, 0) is 30.0 Å². The smallest absolute Gasteiger partial charge is 0.269 e. The van der Waals surface area contributed by atoms with E-state index < -0.39 is 4.92 Å². The third-order valence-electron chi connectivity index (χ3n) is 5.10. The summed E-state index contributed by atoms with van der Waals surface area (Å²) < 4.78 is 7.21. The second kappa shape index (κ2) is 10.4. The van der Waals surface area contributed by atoms with E-state index in [0.29, 0.717) is 37.0 Å².